The van der Waals surface area contributed by atoms with Crippen LogP contribution in [0.3, 0.4) is 0 Å². The quantitative estimate of drug-likeness (QED) is 0.912. The zero-order valence-corrected chi connectivity index (χ0v) is 12.5. The predicted molar refractivity (Wildman–Crippen MR) is 77.9 cm³/mol. The van der Waals surface area contributed by atoms with Crippen molar-refractivity contribution in [3.63, 3.8) is 0 Å². The third kappa shape index (κ3) is 2.61. The van der Waals surface area contributed by atoms with E-state index < -0.39 is 0 Å². The van der Waals surface area contributed by atoms with Gasteiger partial charge in [0, 0.05) is 38.7 Å². The average molecular weight is 299 g/mol. The van der Waals surface area contributed by atoms with Crippen LogP contribution in [0.25, 0.3) is 0 Å². The summed E-state index contributed by atoms with van der Waals surface area (Å²) >= 11 is 0. The molecular weight excluding hydrogens is 282 g/mol. The Morgan fingerprint density at radius 3 is 2.95 bits per heavy atom. The van der Waals surface area contributed by atoms with E-state index in [0.29, 0.717) is 17.9 Å². The number of amides is 1. The second-order valence-electron chi connectivity index (χ2n) is 5.44. The smallest absolute Gasteiger partial charge is 0.268 e. The number of nitriles is 1. The molecule has 1 amide bonds. The average Bonchev–Trinajstić information content (AvgIpc) is 3.18. The summed E-state index contributed by atoms with van der Waals surface area (Å²) < 4.78 is 9.10. The van der Waals surface area contributed by atoms with Crippen molar-refractivity contribution in [2.24, 2.45) is 14.1 Å². The first-order valence-electron chi connectivity index (χ1n) is 7.06. The molecule has 7 nitrogen and oxygen atoms in total. The first-order valence-corrected chi connectivity index (χ1v) is 7.06. The SMILES string of the molecule is Cn1cc([C@H]2OCC[C@@H]2NC(=O)c2cc(C#N)cn2C)cn1. The van der Waals surface area contributed by atoms with Crippen LogP contribution >= 0.6 is 0 Å². The maximum absolute atomic E-state index is 12.4. The van der Waals surface area contributed by atoms with E-state index in [-0.39, 0.29) is 18.1 Å². The van der Waals surface area contributed by atoms with Crippen LogP contribution in [0.15, 0.2) is 24.7 Å². The number of rotatable bonds is 3. The Morgan fingerprint density at radius 1 is 1.50 bits per heavy atom. The molecule has 1 aliphatic rings. The van der Waals surface area contributed by atoms with E-state index in [4.69, 9.17) is 10.00 Å². The number of hydrogen-bond acceptors (Lipinski definition) is 4. The number of nitrogens with one attached hydrogen (secondary N) is 1. The van der Waals surface area contributed by atoms with Crippen molar-refractivity contribution in [2.45, 2.75) is 18.6 Å². The van der Waals surface area contributed by atoms with Gasteiger partial charge in [0.25, 0.3) is 5.91 Å². The lowest BCUT2D eigenvalue weighted by atomic mass is 10.1. The summed E-state index contributed by atoms with van der Waals surface area (Å²) in [4.78, 5) is 12.4. The van der Waals surface area contributed by atoms with Gasteiger partial charge in [-0.05, 0) is 12.5 Å². The minimum Gasteiger partial charge on any atom is -0.371 e. The van der Waals surface area contributed by atoms with Gasteiger partial charge in [0.15, 0.2) is 0 Å². The molecule has 0 radical (unpaired) electrons. The molecule has 3 rings (SSSR count). The van der Waals surface area contributed by atoms with Crippen LogP contribution in [0, 0.1) is 11.3 Å². The molecule has 0 spiro atoms. The van der Waals surface area contributed by atoms with E-state index in [1.54, 1.807) is 34.8 Å². The molecule has 0 unspecified atom stereocenters. The largest absolute Gasteiger partial charge is 0.371 e. The second-order valence-corrected chi connectivity index (χ2v) is 5.44. The molecule has 114 valence electrons. The maximum Gasteiger partial charge on any atom is 0.268 e. The third-order valence-corrected chi connectivity index (χ3v) is 3.83. The Morgan fingerprint density at radius 2 is 2.32 bits per heavy atom. The van der Waals surface area contributed by atoms with Crippen LogP contribution in [0.4, 0.5) is 0 Å². The topological polar surface area (TPSA) is 84.9 Å². The van der Waals surface area contributed by atoms with Crippen LogP contribution in [0.2, 0.25) is 0 Å². The van der Waals surface area contributed by atoms with Crippen molar-refractivity contribution in [2.75, 3.05) is 6.61 Å². The fraction of sp³-hybridized carbons (Fsp3) is 0.400. The summed E-state index contributed by atoms with van der Waals surface area (Å²) in [5.41, 5.74) is 1.89. The van der Waals surface area contributed by atoms with E-state index in [1.165, 1.54) is 0 Å². The summed E-state index contributed by atoms with van der Waals surface area (Å²) in [6, 6.07) is 3.53. The monoisotopic (exact) mass is 299 g/mol. The number of carbonyl (C=O) groups excluding carboxylic acids is 1. The standard InChI is InChI=1S/C15H17N5O2/c1-19-8-10(6-16)5-13(19)15(21)18-12-3-4-22-14(12)11-7-17-20(2)9-11/h5,7-9,12,14H,3-4H2,1-2H3,(H,18,21)/t12-,14+/m0/s1. The summed E-state index contributed by atoms with van der Waals surface area (Å²) in [5, 5.41) is 16.1. The summed E-state index contributed by atoms with van der Waals surface area (Å²) in [5.74, 6) is -0.201. The summed E-state index contributed by atoms with van der Waals surface area (Å²) in [6.45, 7) is 0.598. The minimum absolute atomic E-state index is 0.0999. The van der Waals surface area contributed by atoms with Crippen molar-refractivity contribution in [1.29, 1.82) is 5.26 Å². The zero-order valence-electron chi connectivity index (χ0n) is 12.5. The number of aromatic nitrogens is 3. The van der Waals surface area contributed by atoms with Gasteiger partial charge in [0.05, 0.1) is 17.8 Å². The molecule has 2 atom stereocenters. The third-order valence-electron chi connectivity index (χ3n) is 3.83. The molecule has 1 N–H and O–H groups in total. The molecule has 22 heavy (non-hydrogen) atoms. The van der Waals surface area contributed by atoms with Gasteiger partial charge in [0.2, 0.25) is 0 Å². The Kier molecular flexibility index (Phi) is 3.69. The molecule has 0 saturated carbocycles. The predicted octanol–water partition coefficient (Wildman–Crippen LogP) is 0.890. The normalized spacial score (nSPS) is 20.8. The molecule has 0 aromatic carbocycles. The molecule has 0 bridgehead atoms. The van der Waals surface area contributed by atoms with Gasteiger partial charge in [-0.1, -0.05) is 0 Å². The van der Waals surface area contributed by atoms with Crippen LogP contribution < -0.4 is 5.32 Å². The highest BCUT2D eigenvalue weighted by Gasteiger charge is 2.32. The summed E-state index contributed by atoms with van der Waals surface area (Å²) in [7, 11) is 3.60. The maximum atomic E-state index is 12.4. The van der Waals surface area contributed by atoms with Gasteiger partial charge < -0.3 is 14.6 Å². The van der Waals surface area contributed by atoms with Crippen LogP contribution in [0.5, 0.6) is 0 Å². The van der Waals surface area contributed by atoms with Crippen molar-refractivity contribution >= 4 is 5.91 Å². The van der Waals surface area contributed by atoms with Gasteiger partial charge in [-0.3, -0.25) is 9.48 Å². The van der Waals surface area contributed by atoms with Crippen molar-refractivity contribution in [1.82, 2.24) is 19.7 Å². The second kappa shape index (κ2) is 5.66. The zero-order chi connectivity index (χ0) is 15.7. The minimum atomic E-state index is -0.201. The van der Waals surface area contributed by atoms with E-state index in [9.17, 15) is 4.79 Å². The van der Waals surface area contributed by atoms with E-state index in [2.05, 4.69) is 10.4 Å². The fourth-order valence-corrected chi connectivity index (χ4v) is 2.75. The highest BCUT2D eigenvalue weighted by Crippen LogP contribution is 2.29. The highest BCUT2D eigenvalue weighted by molar-refractivity contribution is 5.93. The Bertz CT molecular complexity index is 739. The number of ether oxygens (including phenoxy) is 1. The van der Waals surface area contributed by atoms with Crippen LogP contribution in [0.1, 0.15) is 34.1 Å². The summed E-state index contributed by atoms with van der Waals surface area (Å²) in [6.07, 6.45) is 5.85. The van der Waals surface area contributed by atoms with E-state index >= 15 is 0 Å². The van der Waals surface area contributed by atoms with Gasteiger partial charge in [0.1, 0.15) is 17.9 Å². The molecule has 1 aliphatic heterocycles. The Balaban J connectivity index is 1.75. The fourth-order valence-electron chi connectivity index (χ4n) is 2.75. The Labute approximate surface area is 128 Å². The van der Waals surface area contributed by atoms with Gasteiger partial charge in [-0.15, -0.1) is 0 Å². The number of carbonyl (C=O) groups is 1. The molecule has 3 heterocycles. The highest BCUT2D eigenvalue weighted by atomic mass is 16.5. The number of aryl methyl sites for hydroxylation is 2. The number of nitrogens with zero attached hydrogens (tertiary/aromatic N) is 4. The van der Waals surface area contributed by atoms with Gasteiger partial charge in [-0.25, -0.2) is 0 Å². The molecular formula is C15H17N5O2. The Hall–Kier alpha value is -2.59. The molecule has 1 saturated heterocycles. The van der Waals surface area contributed by atoms with E-state index in [0.717, 1.165) is 12.0 Å². The van der Waals surface area contributed by atoms with Gasteiger partial charge in [-0.2, -0.15) is 10.4 Å². The molecule has 2 aromatic rings. The van der Waals surface area contributed by atoms with Crippen molar-refractivity contribution < 1.29 is 9.53 Å². The number of hydrogen-bond donors (Lipinski definition) is 1. The van der Waals surface area contributed by atoms with Crippen molar-refractivity contribution in [3.05, 3.63) is 41.5 Å². The lowest BCUT2D eigenvalue weighted by Gasteiger charge is -2.18. The first-order chi connectivity index (χ1) is 10.6. The molecule has 0 aliphatic carbocycles. The van der Waals surface area contributed by atoms with E-state index in [1.807, 2.05) is 19.3 Å². The van der Waals surface area contributed by atoms with Gasteiger partial charge >= 0.3 is 0 Å². The lowest BCUT2D eigenvalue weighted by Crippen LogP contribution is -2.37. The molecule has 1 fully saturated rings. The van der Waals surface area contributed by atoms with Crippen LogP contribution in [-0.4, -0.2) is 32.9 Å². The first kappa shape index (κ1) is 14.4. The molecule has 2 aromatic heterocycles. The molecule has 7 heteroatoms. The van der Waals surface area contributed by atoms with Crippen molar-refractivity contribution in [3.8, 4) is 6.07 Å². The van der Waals surface area contributed by atoms with Crippen LogP contribution in [-0.2, 0) is 18.8 Å². The lowest BCUT2D eigenvalue weighted by molar-refractivity contribution is 0.0815.